The van der Waals surface area contributed by atoms with Gasteiger partial charge in [-0.25, -0.2) is 4.39 Å². The summed E-state index contributed by atoms with van der Waals surface area (Å²) in [5.41, 5.74) is 4.16. The van der Waals surface area contributed by atoms with Crippen molar-refractivity contribution in [2.24, 2.45) is 11.8 Å². The van der Waals surface area contributed by atoms with Crippen LogP contribution in [-0.4, -0.2) is 18.2 Å². The molecule has 0 amide bonds. The summed E-state index contributed by atoms with van der Waals surface area (Å²) in [4.78, 5) is 11.4. The molecule has 206 valence electrons. The number of hydrogen-bond donors (Lipinski definition) is 1. The highest BCUT2D eigenvalue weighted by Crippen LogP contribution is 2.34. The molecule has 39 heavy (non-hydrogen) atoms. The maximum Gasteiger partial charge on any atom is 0.304 e. The minimum absolute atomic E-state index is 0.0229. The van der Waals surface area contributed by atoms with Crippen LogP contribution in [0.2, 0.25) is 0 Å². The first kappa shape index (κ1) is 29.8. The summed E-state index contributed by atoms with van der Waals surface area (Å²) in [5.74, 6) is 6.99. The first-order valence-electron chi connectivity index (χ1n) is 13.7. The highest BCUT2D eigenvalue weighted by molar-refractivity contribution is 5.71. The van der Waals surface area contributed by atoms with Crippen LogP contribution in [0.5, 0.6) is 11.5 Å². The predicted octanol–water partition coefficient (Wildman–Crippen LogP) is 8.28. The molecule has 3 aromatic carbocycles. The van der Waals surface area contributed by atoms with E-state index in [9.17, 15) is 14.3 Å². The SMILES string of the molecule is CC.COc1ccc(F)c(-c2ccc(OCc3cccc(C(C#CC4CC4)CC(=O)O)c3)cc2CC(C)C)c1. The molecule has 4 rings (SSSR count). The molecule has 1 atom stereocenters. The Morgan fingerprint density at radius 1 is 1.03 bits per heavy atom. The summed E-state index contributed by atoms with van der Waals surface area (Å²) < 4.78 is 26.2. The van der Waals surface area contributed by atoms with E-state index in [2.05, 4.69) is 25.7 Å². The monoisotopic (exact) mass is 530 g/mol. The molecule has 0 heterocycles. The fourth-order valence-electron chi connectivity index (χ4n) is 4.31. The van der Waals surface area contributed by atoms with Gasteiger partial charge in [0.1, 0.15) is 23.9 Å². The van der Waals surface area contributed by atoms with Gasteiger partial charge in [0, 0.05) is 11.5 Å². The van der Waals surface area contributed by atoms with Gasteiger partial charge in [-0.05, 0) is 77.8 Å². The summed E-state index contributed by atoms with van der Waals surface area (Å²) in [7, 11) is 1.57. The number of rotatable bonds is 10. The van der Waals surface area contributed by atoms with Crippen LogP contribution >= 0.6 is 0 Å². The van der Waals surface area contributed by atoms with Crippen molar-refractivity contribution in [2.75, 3.05) is 7.11 Å². The Morgan fingerprint density at radius 2 is 1.77 bits per heavy atom. The van der Waals surface area contributed by atoms with Gasteiger partial charge in [-0.3, -0.25) is 4.79 Å². The molecule has 0 radical (unpaired) electrons. The van der Waals surface area contributed by atoms with E-state index in [1.54, 1.807) is 19.2 Å². The lowest BCUT2D eigenvalue weighted by molar-refractivity contribution is -0.137. The normalized spacial score (nSPS) is 13.0. The fourth-order valence-corrected chi connectivity index (χ4v) is 4.31. The third-order valence-electron chi connectivity index (χ3n) is 6.35. The highest BCUT2D eigenvalue weighted by atomic mass is 19.1. The second-order valence-electron chi connectivity index (χ2n) is 10.0. The molecule has 1 aliphatic carbocycles. The Kier molecular flexibility index (Phi) is 11.0. The van der Waals surface area contributed by atoms with Crippen LogP contribution in [0.1, 0.15) is 69.6 Å². The van der Waals surface area contributed by atoms with Gasteiger partial charge in [-0.15, -0.1) is 0 Å². The van der Waals surface area contributed by atoms with Gasteiger partial charge in [-0.2, -0.15) is 0 Å². The Hall–Kier alpha value is -3.78. The first-order valence-corrected chi connectivity index (χ1v) is 13.7. The van der Waals surface area contributed by atoms with Crippen molar-refractivity contribution >= 4 is 5.97 Å². The molecule has 4 nitrogen and oxygen atoms in total. The van der Waals surface area contributed by atoms with Crippen LogP contribution in [0.25, 0.3) is 11.1 Å². The van der Waals surface area contributed by atoms with Crippen LogP contribution < -0.4 is 9.47 Å². The predicted molar refractivity (Wildman–Crippen MR) is 155 cm³/mol. The zero-order valence-corrected chi connectivity index (χ0v) is 23.6. The van der Waals surface area contributed by atoms with E-state index >= 15 is 0 Å². The Labute approximate surface area is 232 Å². The van der Waals surface area contributed by atoms with Crippen molar-refractivity contribution in [1.82, 2.24) is 0 Å². The number of halogens is 1. The summed E-state index contributed by atoms with van der Waals surface area (Å²) >= 11 is 0. The fraction of sp³-hybridized carbons (Fsp3) is 0.382. The van der Waals surface area contributed by atoms with E-state index in [-0.39, 0.29) is 18.2 Å². The van der Waals surface area contributed by atoms with Crippen LogP contribution in [0, 0.1) is 29.5 Å². The number of carboxylic acid groups (broad SMARTS) is 1. The molecule has 0 saturated heterocycles. The highest BCUT2D eigenvalue weighted by Gasteiger charge is 2.20. The zero-order valence-electron chi connectivity index (χ0n) is 23.6. The summed E-state index contributed by atoms with van der Waals surface area (Å²) in [6, 6.07) is 18.3. The van der Waals surface area contributed by atoms with Crippen LogP contribution in [0.15, 0.2) is 60.7 Å². The number of hydrogen-bond acceptors (Lipinski definition) is 3. The molecule has 1 N–H and O–H groups in total. The van der Waals surface area contributed by atoms with Gasteiger partial charge in [0.2, 0.25) is 0 Å². The lowest BCUT2D eigenvalue weighted by Crippen LogP contribution is -2.06. The molecule has 0 bridgehead atoms. The minimum atomic E-state index is -0.859. The molecule has 0 aliphatic heterocycles. The molecular weight excluding hydrogens is 491 g/mol. The number of carbonyl (C=O) groups is 1. The molecule has 0 aromatic heterocycles. The Morgan fingerprint density at radius 3 is 2.44 bits per heavy atom. The second-order valence-corrected chi connectivity index (χ2v) is 10.0. The van der Waals surface area contributed by atoms with Crippen LogP contribution in [0.4, 0.5) is 4.39 Å². The molecule has 5 heteroatoms. The second kappa shape index (κ2) is 14.4. The van der Waals surface area contributed by atoms with Crippen molar-refractivity contribution < 1.29 is 23.8 Å². The van der Waals surface area contributed by atoms with E-state index < -0.39 is 5.97 Å². The van der Waals surface area contributed by atoms with Gasteiger partial charge < -0.3 is 14.6 Å². The quantitative estimate of drug-likeness (QED) is 0.268. The van der Waals surface area contributed by atoms with Crippen molar-refractivity contribution in [3.05, 3.63) is 83.2 Å². The maximum absolute atomic E-state index is 14.7. The van der Waals surface area contributed by atoms with Gasteiger partial charge in [0.25, 0.3) is 0 Å². The van der Waals surface area contributed by atoms with Crippen LogP contribution in [-0.2, 0) is 17.8 Å². The number of benzene rings is 3. The summed E-state index contributed by atoms with van der Waals surface area (Å²) in [6.07, 6.45) is 2.95. The van der Waals surface area contributed by atoms with Gasteiger partial charge in [0.15, 0.2) is 0 Å². The molecule has 0 spiro atoms. The van der Waals surface area contributed by atoms with E-state index in [1.165, 1.54) is 6.07 Å². The van der Waals surface area contributed by atoms with Gasteiger partial charge >= 0.3 is 5.97 Å². The number of methoxy groups -OCH3 is 1. The number of carboxylic acids is 1. The van der Waals surface area contributed by atoms with Crippen molar-refractivity contribution in [3.63, 3.8) is 0 Å². The first-order chi connectivity index (χ1) is 18.8. The Bertz CT molecular complexity index is 1310. The third-order valence-corrected chi connectivity index (χ3v) is 6.35. The molecule has 1 fully saturated rings. The molecule has 1 aliphatic rings. The van der Waals surface area contributed by atoms with Gasteiger partial charge in [-0.1, -0.05) is 69.9 Å². The molecular formula is C34H39FO4. The van der Waals surface area contributed by atoms with Crippen molar-refractivity contribution in [3.8, 4) is 34.5 Å². The zero-order chi connectivity index (χ0) is 28.4. The lowest BCUT2D eigenvalue weighted by atomic mass is 9.93. The van der Waals surface area contributed by atoms with E-state index in [1.807, 2.05) is 56.3 Å². The van der Waals surface area contributed by atoms with E-state index in [4.69, 9.17) is 9.47 Å². The summed E-state index contributed by atoms with van der Waals surface area (Å²) in [6.45, 7) is 8.59. The lowest BCUT2D eigenvalue weighted by Gasteiger charge is -2.16. The van der Waals surface area contributed by atoms with E-state index in [0.29, 0.717) is 35.5 Å². The summed E-state index contributed by atoms with van der Waals surface area (Å²) in [5, 5.41) is 9.36. The number of ether oxygens (including phenoxy) is 2. The minimum Gasteiger partial charge on any atom is -0.497 e. The smallest absolute Gasteiger partial charge is 0.304 e. The van der Waals surface area contributed by atoms with E-state index in [0.717, 1.165) is 41.5 Å². The standard InChI is InChI=1S/C32H33FO4.C2H6/c1-21(2)15-26-17-28(11-13-29(26)30-19-27(36-3)12-14-31(30)33)37-20-23-5-4-6-24(16-23)25(18-32(34)35)10-9-22-7-8-22;1-2/h4-6,11-14,16-17,19,21-22,25H,7-8,15,18,20H2,1-3H3,(H,34,35);1-2H3. The molecule has 1 saturated carbocycles. The van der Waals surface area contributed by atoms with Crippen molar-refractivity contribution in [2.45, 2.75) is 65.9 Å². The Balaban J connectivity index is 0.00000205. The van der Waals surface area contributed by atoms with Gasteiger partial charge in [0.05, 0.1) is 19.4 Å². The van der Waals surface area contributed by atoms with Crippen molar-refractivity contribution in [1.29, 1.82) is 0 Å². The number of aliphatic carboxylic acids is 1. The largest absolute Gasteiger partial charge is 0.497 e. The third kappa shape index (κ3) is 8.89. The average Bonchev–Trinajstić information content (AvgIpc) is 3.76. The maximum atomic E-state index is 14.7. The average molecular weight is 531 g/mol. The molecule has 3 aromatic rings. The molecule has 1 unspecified atom stereocenters. The van der Waals surface area contributed by atoms with Crippen LogP contribution in [0.3, 0.4) is 0 Å². The topological polar surface area (TPSA) is 55.8 Å².